The van der Waals surface area contributed by atoms with E-state index < -0.39 is 0 Å². The van der Waals surface area contributed by atoms with Crippen molar-refractivity contribution in [3.8, 4) is 5.75 Å². The lowest BCUT2D eigenvalue weighted by atomic mass is 9.68. The minimum absolute atomic E-state index is 0.139. The lowest BCUT2D eigenvalue weighted by molar-refractivity contribution is -0.0307. The van der Waals surface area contributed by atoms with Crippen molar-refractivity contribution in [1.82, 2.24) is 0 Å². The second kappa shape index (κ2) is 5.38. The van der Waals surface area contributed by atoms with Gasteiger partial charge in [-0.3, -0.25) is 0 Å². The van der Waals surface area contributed by atoms with Gasteiger partial charge in [-0.25, -0.2) is 0 Å². The van der Waals surface area contributed by atoms with Crippen LogP contribution in [-0.2, 0) is 6.42 Å². The fourth-order valence-electron chi connectivity index (χ4n) is 3.86. The fourth-order valence-corrected chi connectivity index (χ4v) is 3.86. The number of aryl methyl sites for hydroxylation is 1. The van der Waals surface area contributed by atoms with Crippen LogP contribution in [0.2, 0.25) is 0 Å². The summed E-state index contributed by atoms with van der Waals surface area (Å²) in [4.78, 5) is 0. The quantitative estimate of drug-likeness (QED) is 0.891. The third kappa shape index (κ3) is 2.45. The predicted molar refractivity (Wildman–Crippen MR) is 79.9 cm³/mol. The Morgan fingerprint density at radius 1 is 1.40 bits per heavy atom. The second-order valence-corrected chi connectivity index (χ2v) is 6.59. The number of rotatable bonds is 3. The summed E-state index contributed by atoms with van der Waals surface area (Å²) in [5.41, 5.74) is 8.46. The highest BCUT2D eigenvalue weighted by atomic mass is 16.5. The first-order chi connectivity index (χ1) is 9.63. The largest absolute Gasteiger partial charge is 0.490 e. The lowest BCUT2D eigenvalue weighted by Gasteiger charge is -2.42. The van der Waals surface area contributed by atoms with Crippen molar-refractivity contribution in [2.45, 2.75) is 57.7 Å². The first kappa shape index (κ1) is 13.9. The van der Waals surface area contributed by atoms with Gasteiger partial charge in [0.15, 0.2) is 0 Å². The van der Waals surface area contributed by atoms with Crippen molar-refractivity contribution in [2.24, 2.45) is 11.1 Å². The van der Waals surface area contributed by atoms with Crippen LogP contribution in [-0.4, -0.2) is 23.9 Å². The van der Waals surface area contributed by atoms with E-state index in [4.69, 9.17) is 10.5 Å². The summed E-state index contributed by atoms with van der Waals surface area (Å²) in [6, 6.07) is 6.37. The fraction of sp³-hybridized carbons (Fsp3) is 0.647. The molecule has 1 heterocycles. The Labute approximate surface area is 121 Å². The smallest absolute Gasteiger partial charge is 0.123 e. The molecule has 1 aromatic rings. The molecule has 0 saturated heterocycles. The van der Waals surface area contributed by atoms with Crippen LogP contribution in [0.4, 0.5) is 0 Å². The number of fused-ring (bicyclic) bond motifs is 1. The molecule has 1 aromatic carbocycles. The normalized spacial score (nSPS) is 32.8. The molecular formula is C17H25NO2. The van der Waals surface area contributed by atoms with E-state index >= 15 is 0 Å². The summed E-state index contributed by atoms with van der Waals surface area (Å²) < 4.78 is 6.07. The summed E-state index contributed by atoms with van der Waals surface area (Å²) >= 11 is 0. The van der Waals surface area contributed by atoms with E-state index in [2.05, 4.69) is 25.1 Å². The molecule has 0 amide bonds. The van der Waals surface area contributed by atoms with Crippen molar-refractivity contribution >= 4 is 0 Å². The van der Waals surface area contributed by atoms with E-state index in [0.29, 0.717) is 6.54 Å². The molecule has 0 aromatic heterocycles. The van der Waals surface area contributed by atoms with E-state index in [9.17, 15) is 5.11 Å². The Hall–Kier alpha value is -1.06. The maximum Gasteiger partial charge on any atom is 0.123 e. The average molecular weight is 275 g/mol. The van der Waals surface area contributed by atoms with Crippen LogP contribution < -0.4 is 10.5 Å². The van der Waals surface area contributed by atoms with Crippen LogP contribution in [0.25, 0.3) is 0 Å². The van der Waals surface area contributed by atoms with Crippen molar-refractivity contribution in [2.75, 3.05) is 6.54 Å². The summed E-state index contributed by atoms with van der Waals surface area (Å²) in [6.07, 6.45) is 5.93. The van der Waals surface area contributed by atoms with Crippen molar-refractivity contribution in [3.05, 3.63) is 29.3 Å². The first-order valence-electron chi connectivity index (χ1n) is 7.77. The molecule has 3 heteroatoms. The third-order valence-corrected chi connectivity index (χ3v) is 5.11. The number of aliphatic hydroxyl groups is 1. The van der Waals surface area contributed by atoms with Gasteiger partial charge in [0, 0.05) is 18.4 Å². The number of aliphatic hydroxyl groups excluding tert-OH is 1. The summed E-state index contributed by atoms with van der Waals surface area (Å²) in [5, 5.41) is 10.4. The Morgan fingerprint density at radius 2 is 2.25 bits per heavy atom. The molecule has 0 radical (unpaired) electrons. The van der Waals surface area contributed by atoms with Gasteiger partial charge in [-0.1, -0.05) is 30.5 Å². The number of hydrogen-bond acceptors (Lipinski definition) is 3. The molecule has 1 saturated carbocycles. The number of benzene rings is 1. The molecule has 1 aliphatic carbocycles. The Morgan fingerprint density at radius 3 is 3.00 bits per heavy atom. The van der Waals surface area contributed by atoms with Crippen molar-refractivity contribution in [3.63, 3.8) is 0 Å². The van der Waals surface area contributed by atoms with Gasteiger partial charge < -0.3 is 15.6 Å². The molecule has 3 unspecified atom stereocenters. The molecule has 3 nitrogen and oxygen atoms in total. The van der Waals surface area contributed by atoms with Gasteiger partial charge in [0.1, 0.15) is 11.9 Å². The molecule has 3 N–H and O–H groups in total. The topological polar surface area (TPSA) is 55.5 Å². The van der Waals surface area contributed by atoms with Crippen LogP contribution in [0.15, 0.2) is 18.2 Å². The second-order valence-electron chi connectivity index (χ2n) is 6.59. The SMILES string of the molecule is Cc1ccc2c(c1)CC(CC1(CN)CCCCC1O)O2. The maximum absolute atomic E-state index is 10.4. The van der Waals surface area contributed by atoms with Gasteiger partial charge >= 0.3 is 0 Å². The molecule has 1 fully saturated rings. The highest BCUT2D eigenvalue weighted by molar-refractivity contribution is 5.40. The highest BCUT2D eigenvalue weighted by Gasteiger charge is 2.42. The van der Waals surface area contributed by atoms with Gasteiger partial charge in [0.05, 0.1) is 6.10 Å². The maximum atomic E-state index is 10.4. The number of ether oxygens (including phenoxy) is 1. The molecule has 2 aliphatic rings. The Kier molecular flexibility index (Phi) is 3.74. The van der Waals surface area contributed by atoms with Crippen LogP contribution in [0.1, 0.15) is 43.2 Å². The van der Waals surface area contributed by atoms with Gasteiger partial charge in [-0.2, -0.15) is 0 Å². The van der Waals surface area contributed by atoms with Crippen LogP contribution >= 0.6 is 0 Å². The van der Waals surface area contributed by atoms with Crippen LogP contribution in [0, 0.1) is 12.3 Å². The van der Waals surface area contributed by atoms with E-state index in [-0.39, 0.29) is 17.6 Å². The Balaban J connectivity index is 1.73. The van der Waals surface area contributed by atoms with E-state index in [1.807, 2.05) is 0 Å². The Bertz CT molecular complexity index is 488. The minimum Gasteiger partial charge on any atom is -0.490 e. The van der Waals surface area contributed by atoms with E-state index in [0.717, 1.165) is 37.9 Å². The molecular weight excluding hydrogens is 250 g/mol. The summed E-state index contributed by atoms with van der Waals surface area (Å²) in [6.45, 7) is 2.67. The van der Waals surface area contributed by atoms with Gasteiger partial charge in [-0.05, 0) is 37.8 Å². The molecule has 20 heavy (non-hydrogen) atoms. The predicted octanol–water partition coefficient (Wildman–Crippen LogP) is 2.57. The molecule has 110 valence electrons. The zero-order valence-electron chi connectivity index (χ0n) is 12.3. The number of nitrogens with two attached hydrogens (primary N) is 1. The van der Waals surface area contributed by atoms with E-state index in [1.165, 1.54) is 17.5 Å². The van der Waals surface area contributed by atoms with Crippen molar-refractivity contribution < 1.29 is 9.84 Å². The molecule has 1 aliphatic heterocycles. The monoisotopic (exact) mass is 275 g/mol. The van der Waals surface area contributed by atoms with Gasteiger partial charge in [-0.15, -0.1) is 0 Å². The van der Waals surface area contributed by atoms with Crippen LogP contribution in [0.5, 0.6) is 5.75 Å². The minimum atomic E-state index is -0.268. The van der Waals surface area contributed by atoms with Gasteiger partial charge in [0.2, 0.25) is 0 Å². The summed E-state index contributed by atoms with van der Waals surface area (Å²) in [5.74, 6) is 1.01. The average Bonchev–Trinajstić information content (AvgIpc) is 2.82. The standard InChI is InChI=1S/C17H25NO2/c1-12-5-6-15-13(8-12)9-14(20-15)10-17(11-18)7-3-2-4-16(17)19/h5-6,8,14,16,19H,2-4,7,9-11,18H2,1H3. The third-order valence-electron chi connectivity index (χ3n) is 5.11. The molecule has 0 spiro atoms. The highest BCUT2D eigenvalue weighted by Crippen LogP contribution is 2.42. The summed E-state index contributed by atoms with van der Waals surface area (Å²) in [7, 11) is 0. The van der Waals surface area contributed by atoms with Crippen molar-refractivity contribution in [1.29, 1.82) is 0 Å². The van der Waals surface area contributed by atoms with Crippen LogP contribution in [0.3, 0.4) is 0 Å². The molecule has 3 rings (SSSR count). The molecule has 0 bridgehead atoms. The first-order valence-corrected chi connectivity index (χ1v) is 7.77. The zero-order valence-corrected chi connectivity index (χ0v) is 12.3. The number of hydrogen-bond donors (Lipinski definition) is 2. The zero-order chi connectivity index (χ0) is 14.2. The van der Waals surface area contributed by atoms with E-state index in [1.54, 1.807) is 0 Å². The lowest BCUT2D eigenvalue weighted by Crippen LogP contribution is -2.46. The van der Waals surface area contributed by atoms with Gasteiger partial charge in [0.25, 0.3) is 0 Å². The molecule has 3 atom stereocenters.